The Morgan fingerprint density at radius 2 is 1.81 bits per heavy atom. The molecule has 224 valence electrons. The number of ether oxygens (including phenoxy) is 4. The summed E-state index contributed by atoms with van der Waals surface area (Å²) in [5.74, 6) is -0.733. The summed E-state index contributed by atoms with van der Waals surface area (Å²) in [5, 5.41) is 11.3. The van der Waals surface area contributed by atoms with Crippen LogP contribution in [0.25, 0.3) is 11.0 Å². The first-order valence-corrected chi connectivity index (χ1v) is 13.8. The highest BCUT2D eigenvalue weighted by atomic mass is 16.5. The number of amides is 2. The van der Waals surface area contributed by atoms with Crippen molar-refractivity contribution in [2.24, 2.45) is 0 Å². The number of para-hydroxylation sites is 2. The monoisotopic (exact) mass is 587 g/mol. The van der Waals surface area contributed by atoms with E-state index in [-0.39, 0.29) is 19.2 Å². The van der Waals surface area contributed by atoms with E-state index in [9.17, 15) is 14.4 Å². The number of hydrogen-bond donors (Lipinski definition) is 1. The van der Waals surface area contributed by atoms with Gasteiger partial charge in [0.2, 0.25) is 11.8 Å². The van der Waals surface area contributed by atoms with Crippen LogP contribution in [0.1, 0.15) is 34.8 Å². The van der Waals surface area contributed by atoms with E-state index in [0.717, 1.165) is 12.8 Å². The molecule has 1 aliphatic heterocycles. The smallest absolute Gasteiger partial charge is 0.337 e. The molecule has 1 saturated heterocycles. The summed E-state index contributed by atoms with van der Waals surface area (Å²) in [6, 6.07) is 17.5. The maximum atomic E-state index is 14.3. The van der Waals surface area contributed by atoms with Crippen molar-refractivity contribution in [2.75, 3.05) is 39.4 Å². The van der Waals surface area contributed by atoms with Crippen molar-refractivity contribution in [1.82, 2.24) is 20.3 Å². The highest BCUT2D eigenvalue weighted by molar-refractivity contribution is 6.02. The van der Waals surface area contributed by atoms with E-state index in [1.54, 1.807) is 36.4 Å². The fourth-order valence-corrected chi connectivity index (χ4v) is 5.19. The van der Waals surface area contributed by atoms with Crippen LogP contribution < -0.4 is 19.7 Å². The third-order valence-electron chi connectivity index (χ3n) is 7.30. The molecule has 3 aromatic carbocycles. The van der Waals surface area contributed by atoms with Gasteiger partial charge in [-0.3, -0.25) is 14.5 Å². The Bertz CT molecular complexity index is 1600. The molecule has 2 amide bonds. The third-order valence-corrected chi connectivity index (χ3v) is 7.30. The maximum Gasteiger partial charge on any atom is 0.337 e. The lowest BCUT2D eigenvalue weighted by molar-refractivity contribution is -0.127. The molecule has 2 heterocycles. The molecule has 5 rings (SSSR count). The van der Waals surface area contributed by atoms with Crippen molar-refractivity contribution in [1.29, 1.82) is 0 Å². The normalized spacial score (nSPS) is 15.1. The Morgan fingerprint density at radius 1 is 1.02 bits per heavy atom. The Hall–Kier alpha value is -4.97. The molecule has 12 heteroatoms. The first-order chi connectivity index (χ1) is 20.9. The fourth-order valence-electron chi connectivity index (χ4n) is 5.19. The third kappa shape index (κ3) is 6.28. The molecule has 12 nitrogen and oxygen atoms in total. The van der Waals surface area contributed by atoms with Gasteiger partial charge in [0.05, 0.1) is 38.5 Å². The van der Waals surface area contributed by atoms with E-state index in [1.165, 1.54) is 43.0 Å². The van der Waals surface area contributed by atoms with Crippen LogP contribution in [0.4, 0.5) is 5.69 Å². The minimum absolute atomic E-state index is 0.123. The Morgan fingerprint density at radius 3 is 2.51 bits per heavy atom. The Labute approximate surface area is 248 Å². The van der Waals surface area contributed by atoms with Crippen molar-refractivity contribution >= 4 is 34.5 Å². The number of nitrogens with zero attached hydrogens (tertiary/aromatic N) is 4. The first kappa shape index (κ1) is 29.5. The van der Waals surface area contributed by atoms with E-state index in [4.69, 9.17) is 18.9 Å². The highest BCUT2D eigenvalue weighted by Crippen LogP contribution is 2.39. The summed E-state index contributed by atoms with van der Waals surface area (Å²) in [6.45, 7) is 0.691. The fraction of sp³-hybridized carbons (Fsp3) is 0.323. The van der Waals surface area contributed by atoms with E-state index in [2.05, 4.69) is 15.6 Å². The number of hydrogen-bond acceptors (Lipinski definition) is 9. The van der Waals surface area contributed by atoms with Crippen LogP contribution in [0.3, 0.4) is 0 Å². The summed E-state index contributed by atoms with van der Waals surface area (Å²) in [6.07, 6.45) is 1.61. The molecular formula is C31H33N5O7. The molecule has 2 atom stereocenters. The second-order valence-electron chi connectivity index (χ2n) is 9.90. The number of esters is 1. The molecule has 1 fully saturated rings. The van der Waals surface area contributed by atoms with Crippen molar-refractivity contribution in [3.05, 3.63) is 77.9 Å². The van der Waals surface area contributed by atoms with Gasteiger partial charge in [0.25, 0.3) is 0 Å². The zero-order chi connectivity index (χ0) is 30.3. The molecule has 2 unspecified atom stereocenters. The lowest BCUT2D eigenvalue weighted by Gasteiger charge is -2.33. The van der Waals surface area contributed by atoms with Crippen LogP contribution in [0.15, 0.2) is 66.7 Å². The number of anilines is 1. The number of benzene rings is 3. The summed E-state index contributed by atoms with van der Waals surface area (Å²) >= 11 is 0. The van der Waals surface area contributed by atoms with Gasteiger partial charge in [-0.15, -0.1) is 5.10 Å². The zero-order valence-electron chi connectivity index (χ0n) is 24.2. The van der Waals surface area contributed by atoms with Gasteiger partial charge in [0.15, 0.2) is 11.5 Å². The van der Waals surface area contributed by atoms with E-state index < -0.39 is 23.8 Å². The second kappa shape index (κ2) is 13.3. The number of carbonyl (C=O) groups is 3. The van der Waals surface area contributed by atoms with E-state index >= 15 is 0 Å². The molecule has 0 spiro atoms. The number of methoxy groups -OCH3 is 3. The summed E-state index contributed by atoms with van der Waals surface area (Å²) in [7, 11) is 4.26. The average Bonchev–Trinajstić information content (AvgIpc) is 3.72. The maximum absolute atomic E-state index is 14.3. The molecule has 1 N–H and O–H groups in total. The highest BCUT2D eigenvalue weighted by Gasteiger charge is 2.36. The van der Waals surface area contributed by atoms with Crippen LogP contribution in [-0.4, -0.2) is 73.4 Å². The van der Waals surface area contributed by atoms with Crippen molar-refractivity contribution in [3.63, 3.8) is 0 Å². The second-order valence-corrected chi connectivity index (χ2v) is 9.90. The average molecular weight is 588 g/mol. The van der Waals surface area contributed by atoms with Gasteiger partial charge < -0.3 is 24.3 Å². The number of aromatic nitrogens is 3. The zero-order valence-corrected chi connectivity index (χ0v) is 24.2. The Balaban J connectivity index is 1.61. The van der Waals surface area contributed by atoms with Crippen LogP contribution in [0.2, 0.25) is 0 Å². The topological polar surface area (TPSA) is 134 Å². The van der Waals surface area contributed by atoms with Crippen LogP contribution in [-0.2, 0) is 25.6 Å². The predicted molar refractivity (Wildman–Crippen MR) is 157 cm³/mol. The molecule has 4 aromatic rings. The summed E-state index contributed by atoms with van der Waals surface area (Å²) < 4.78 is 23.3. The molecule has 1 aromatic heterocycles. The number of rotatable bonds is 11. The number of nitrogens with one attached hydrogen (secondary N) is 1. The van der Waals surface area contributed by atoms with Gasteiger partial charge in [0, 0.05) is 24.4 Å². The SMILES string of the molecule is COC(=O)c1ccc(N(C(=O)Cn2nnc3ccccc32)C(C(=O)NCC2CCCO2)c2cccc(OC)c2OC)cc1. The van der Waals surface area contributed by atoms with E-state index in [1.807, 2.05) is 18.2 Å². The molecule has 0 bridgehead atoms. The minimum atomic E-state index is -1.20. The lowest BCUT2D eigenvalue weighted by atomic mass is 10.0. The molecule has 43 heavy (non-hydrogen) atoms. The summed E-state index contributed by atoms with van der Waals surface area (Å²) in [5.41, 5.74) is 2.35. The van der Waals surface area contributed by atoms with Gasteiger partial charge in [-0.2, -0.15) is 0 Å². The van der Waals surface area contributed by atoms with Crippen LogP contribution in [0, 0.1) is 0 Å². The minimum Gasteiger partial charge on any atom is -0.493 e. The van der Waals surface area contributed by atoms with Crippen molar-refractivity contribution < 1.29 is 33.3 Å². The van der Waals surface area contributed by atoms with Crippen LogP contribution in [0.5, 0.6) is 11.5 Å². The lowest BCUT2D eigenvalue weighted by Crippen LogP contribution is -2.46. The standard InChI is InChI=1S/C31H33N5O7/c1-40-26-12-6-9-23(29(26)41-2)28(30(38)32-18-22-8-7-17-43-22)36(21-15-13-20(14-16-21)31(39)42-3)27(37)19-35-25-11-5-4-10-24(25)33-34-35/h4-6,9-16,22,28H,7-8,17-19H2,1-3H3,(H,32,38). The summed E-state index contributed by atoms with van der Waals surface area (Å²) in [4.78, 5) is 42.0. The molecule has 0 aliphatic carbocycles. The molecule has 1 aliphatic rings. The van der Waals surface area contributed by atoms with Gasteiger partial charge in [-0.1, -0.05) is 29.5 Å². The molecular weight excluding hydrogens is 554 g/mol. The van der Waals surface area contributed by atoms with Gasteiger partial charge in [-0.05, 0) is 55.3 Å². The number of fused-ring (bicyclic) bond motifs is 1. The quantitative estimate of drug-likeness (QED) is 0.262. The van der Waals surface area contributed by atoms with E-state index in [0.29, 0.717) is 46.0 Å². The largest absolute Gasteiger partial charge is 0.493 e. The van der Waals surface area contributed by atoms with Crippen molar-refractivity contribution in [2.45, 2.75) is 31.5 Å². The molecule has 0 saturated carbocycles. The van der Waals surface area contributed by atoms with Gasteiger partial charge in [0.1, 0.15) is 18.1 Å². The van der Waals surface area contributed by atoms with Gasteiger partial charge in [-0.25, -0.2) is 9.48 Å². The molecule has 0 radical (unpaired) electrons. The van der Waals surface area contributed by atoms with Gasteiger partial charge >= 0.3 is 5.97 Å². The van der Waals surface area contributed by atoms with Crippen LogP contribution >= 0.6 is 0 Å². The Kier molecular flexibility index (Phi) is 9.16. The number of carbonyl (C=O) groups excluding carboxylic acids is 3. The predicted octanol–water partition coefficient (Wildman–Crippen LogP) is 3.30. The van der Waals surface area contributed by atoms with Crippen molar-refractivity contribution in [3.8, 4) is 11.5 Å². The first-order valence-electron chi connectivity index (χ1n) is 13.8.